The van der Waals surface area contributed by atoms with Crippen molar-refractivity contribution in [3.8, 4) is 0 Å². The standard InChI is InChI=1S/C12H18N2O2S/c1-4-12(10(15)16)6-5-7-14(12)11-13-8(2)9(3)17-11/h4-7H2,1-3H3,(H,15,16). The maximum Gasteiger partial charge on any atom is 0.329 e. The number of carboxylic acids is 1. The molecule has 0 aromatic carbocycles. The van der Waals surface area contributed by atoms with Gasteiger partial charge in [0.05, 0.1) is 5.69 Å². The van der Waals surface area contributed by atoms with E-state index in [1.54, 1.807) is 11.3 Å². The predicted molar refractivity (Wildman–Crippen MR) is 68.8 cm³/mol. The number of aromatic nitrogens is 1. The van der Waals surface area contributed by atoms with Crippen LogP contribution in [0.2, 0.25) is 0 Å². The van der Waals surface area contributed by atoms with E-state index in [4.69, 9.17) is 0 Å². The fourth-order valence-corrected chi connectivity index (χ4v) is 3.50. The van der Waals surface area contributed by atoms with E-state index in [0.717, 1.165) is 30.2 Å². The second-order valence-electron chi connectivity index (χ2n) is 4.58. The van der Waals surface area contributed by atoms with Gasteiger partial charge in [-0.1, -0.05) is 6.92 Å². The number of aliphatic carboxylic acids is 1. The number of carbonyl (C=O) groups is 1. The molecular weight excluding hydrogens is 236 g/mol. The molecule has 1 unspecified atom stereocenters. The van der Waals surface area contributed by atoms with Crippen LogP contribution in [0.25, 0.3) is 0 Å². The Morgan fingerprint density at radius 1 is 1.59 bits per heavy atom. The van der Waals surface area contributed by atoms with Gasteiger partial charge in [0.2, 0.25) is 0 Å². The van der Waals surface area contributed by atoms with Crippen LogP contribution in [0.1, 0.15) is 36.8 Å². The monoisotopic (exact) mass is 254 g/mol. The van der Waals surface area contributed by atoms with Crippen LogP contribution >= 0.6 is 11.3 Å². The van der Waals surface area contributed by atoms with E-state index in [-0.39, 0.29) is 0 Å². The number of carboxylic acid groups (broad SMARTS) is 1. The van der Waals surface area contributed by atoms with Crippen LogP contribution in [-0.4, -0.2) is 28.1 Å². The highest BCUT2D eigenvalue weighted by molar-refractivity contribution is 7.15. The van der Waals surface area contributed by atoms with Gasteiger partial charge in [-0.25, -0.2) is 9.78 Å². The fraction of sp³-hybridized carbons (Fsp3) is 0.667. The number of aryl methyl sites for hydroxylation is 2. The van der Waals surface area contributed by atoms with Crippen molar-refractivity contribution in [1.82, 2.24) is 4.98 Å². The van der Waals surface area contributed by atoms with E-state index in [1.165, 1.54) is 4.88 Å². The molecule has 1 aromatic heterocycles. The minimum atomic E-state index is -0.739. The predicted octanol–water partition coefficient (Wildman–Crippen LogP) is 2.59. The SMILES string of the molecule is CCC1(C(=O)O)CCCN1c1nc(C)c(C)s1. The Hall–Kier alpha value is -1.10. The number of rotatable bonds is 3. The number of nitrogens with zero attached hydrogens (tertiary/aromatic N) is 2. The molecule has 5 heteroatoms. The topological polar surface area (TPSA) is 53.4 Å². The largest absolute Gasteiger partial charge is 0.479 e. The van der Waals surface area contributed by atoms with Crippen molar-refractivity contribution in [3.63, 3.8) is 0 Å². The Bertz CT molecular complexity index is 424. The molecule has 2 heterocycles. The van der Waals surface area contributed by atoms with Gasteiger partial charge in [-0.3, -0.25) is 0 Å². The van der Waals surface area contributed by atoms with Gasteiger partial charge >= 0.3 is 5.97 Å². The number of hydrogen-bond acceptors (Lipinski definition) is 4. The van der Waals surface area contributed by atoms with Crippen molar-refractivity contribution in [2.45, 2.75) is 45.6 Å². The van der Waals surface area contributed by atoms with E-state index in [0.29, 0.717) is 6.42 Å². The highest BCUT2D eigenvalue weighted by Crippen LogP contribution is 2.39. The zero-order chi connectivity index (χ0) is 12.6. The van der Waals surface area contributed by atoms with Crippen molar-refractivity contribution >= 4 is 22.4 Å². The highest BCUT2D eigenvalue weighted by atomic mass is 32.1. The van der Waals surface area contributed by atoms with Gasteiger partial charge < -0.3 is 10.0 Å². The molecule has 1 aliphatic rings. The third-order valence-electron chi connectivity index (χ3n) is 3.72. The average molecular weight is 254 g/mol. The summed E-state index contributed by atoms with van der Waals surface area (Å²) in [6.45, 7) is 6.74. The maximum absolute atomic E-state index is 11.6. The molecule has 94 valence electrons. The van der Waals surface area contributed by atoms with Gasteiger partial charge in [0, 0.05) is 11.4 Å². The quantitative estimate of drug-likeness (QED) is 0.900. The molecule has 17 heavy (non-hydrogen) atoms. The molecule has 0 saturated carbocycles. The zero-order valence-electron chi connectivity index (χ0n) is 10.5. The van der Waals surface area contributed by atoms with Crippen molar-refractivity contribution in [2.75, 3.05) is 11.4 Å². The average Bonchev–Trinajstić information content (AvgIpc) is 2.84. The summed E-state index contributed by atoms with van der Waals surface area (Å²) in [6, 6.07) is 0. The molecule has 0 amide bonds. The first kappa shape index (κ1) is 12.4. The molecule has 1 aliphatic heterocycles. The first-order valence-corrected chi connectivity index (χ1v) is 6.78. The number of anilines is 1. The minimum Gasteiger partial charge on any atom is -0.479 e. The second kappa shape index (κ2) is 4.29. The Morgan fingerprint density at radius 2 is 2.29 bits per heavy atom. The van der Waals surface area contributed by atoms with Crippen molar-refractivity contribution in [3.05, 3.63) is 10.6 Å². The summed E-state index contributed by atoms with van der Waals surface area (Å²) in [4.78, 5) is 19.2. The molecule has 0 aliphatic carbocycles. The van der Waals surface area contributed by atoms with Gasteiger partial charge in [0.15, 0.2) is 5.13 Å². The van der Waals surface area contributed by atoms with Crippen LogP contribution in [0.4, 0.5) is 5.13 Å². The molecule has 2 rings (SSSR count). The van der Waals surface area contributed by atoms with Gasteiger partial charge in [-0.2, -0.15) is 0 Å². The first-order valence-electron chi connectivity index (χ1n) is 5.96. The molecular formula is C12H18N2O2S. The van der Waals surface area contributed by atoms with Crippen LogP contribution in [-0.2, 0) is 4.79 Å². The van der Waals surface area contributed by atoms with E-state index >= 15 is 0 Å². The van der Waals surface area contributed by atoms with Crippen LogP contribution in [0.3, 0.4) is 0 Å². The highest BCUT2D eigenvalue weighted by Gasteiger charge is 2.47. The van der Waals surface area contributed by atoms with Crippen LogP contribution in [0.5, 0.6) is 0 Å². The lowest BCUT2D eigenvalue weighted by molar-refractivity contribution is -0.143. The summed E-state index contributed by atoms with van der Waals surface area (Å²) < 4.78 is 0. The molecule has 1 N–H and O–H groups in total. The van der Waals surface area contributed by atoms with E-state index in [2.05, 4.69) is 4.98 Å². The lowest BCUT2D eigenvalue weighted by Crippen LogP contribution is -2.50. The van der Waals surface area contributed by atoms with Gasteiger partial charge in [-0.05, 0) is 33.1 Å². The van der Waals surface area contributed by atoms with Gasteiger partial charge in [0.25, 0.3) is 0 Å². The van der Waals surface area contributed by atoms with Crippen molar-refractivity contribution in [2.24, 2.45) is 0 Å². The lowest BCUT2D eigenvalue weighted by atomic mass is 9.93. The molecule has 0 spiro atoms. The molecule has 0 radical (unpaired) electrons. The molecule has 4 nitrogen and oxygen atoms in total. The Morgan fingerprint density at radius 3 is 2.76 bits per heavy atom. The summed E-state index contributed by atoms with van der Waals surface area (Å²) in [6.07, 6.45) is 2.27. The Labute approximate surface area is 105 Å². The maximum atomic E-state index is 11.6. The van der Waals surface area contributed by atoms with Gasteiger partial charge in [0.1, 0.15) is 5.54 Å². The van der Waals surface area contributed by atoms with Crippen LogP contribution in [0.15, 0.2) is 0 Å². The van der Waals surface area contributed by atoms with Crippen LogP contribution < -0.4 is 4.90 Å². The Kier molecular flexibility index (Phi) is 3.12. The van der Waals surface area contributed by atoms with E-state index < -0.39 is 11.5 Å². The minimum absolute atomic E-state index is 0.625. The van der Waals surface area contributed by atoms with Crippen molar-refractivity contribution < 1.29 is 9.90 Å². The molecule has 1 aromatic rings. The summed E-state index contributed by atoms with van der Waals surface area (Å²) in [5.74, 6) is -0.719. The summed E-state index contributed by atoms with van der Waals surface area (Å²) in [5, 5.41) is 10.4. The smallest absolute Gasteiger partial charge is 0.329 e. The van der Waals surface area contributed by atoms with E-state index in [1.807, 2.05) is 25.7 Å². The summed E-state index contributed by atoms with van der Waals surface area (Å²) in [7, 11) is 0. The third kappa shape index (κ3) is 1.82. The lowest BCUT2D eigenvalue weighted by Gasteiger charge is -2.33. The normalized spacial score (nSPS) is 24.3. The number of hydrogen-bond donors (Lipinski definition) is 1. The molecule has 1 atom stereocenters. The fourth-order valence-electron chi connectivity index (χ4n) is 2.47. The molecule has 1 saturated heterocycles. The molecule has 0 bridgehead atoms. The zero-order valence-corrected chi connectivity index (χ0v) is 11.3. The van der Waals surface area contributed by atoms with E-state index in [9.17, 15) is 9.90 Å². The summed E-state index contributed by atoms with van der Waals surface area (Å²) >= 11 is 1.60. The van der Waals surface area contributed by atoms with Crippen LogP contribution in [0, 0.1) is 13.8 Å². The third-order valence-corrected chi connectivity index (χ3v) is 4.82. The second-order valence-corrected chi connectivity index (χ2v) is 5.77. The first-order chi connectivity index (χ1) is 8.01. The van der Waals surface area contributed by atoms with Gasteiger partial charge in [-0.15, -0.1) is 11.3 Å². The Balaban J connectivity index is 2.40. The molecule has 1 fully saturated rings. The summed E-state index contributed by atoms with van der Waals surface area (Å²) in [5.41, 5.74) is 0.267. The number of thiazole rings is 1. The van der Waals surface area contributed by atoms with Crippen molar-refractivity contribution in [1.29, 1.82) is 0 Å².